The number of rotatable bonds is 6. The van der Waals surface area contributed by atoms with Crippen molar-refractivity contribution < 1.29 is 14.3 Å². The van der Waals surface area contributed by atoms with E-state index in [9.17, 15) is 4.79 Å². The summed E-state index contributed by atoms with van der Waals surface area (Å²) in [7, 11) is 1.69. The number of aromatic nitrogens is 1. The average Bonchev–Trinajstić information content (AvgIpc) is 3.61. The lowest BCUT2D eigenvalue weighted by molar-refractivity contribution is 0.0697. The molecule has 1 N–H and O–H groups in total. The molecule has 40 heavy (non-hydrogen) atoms. The van der Waals surface area contributed by atoms with Crippen LogP contribution < -0.4 is 9.47 Å². The molecule has 4 aromatic carbocycles. The van der Waals surface area contributed by atoms with Crippen molar-refractivity contribution in [2.75, 3.05) is 13.7 Å². The molecule has 0 saturated carbocycles. The van der Waals surface area contributed by atoms with Gasteiger partial charge in [-0.1, -0.05) is 60.7 Å². The van der Waals surface area contributed by atoms with E-state index < -0.39 is 0 Å². The van der Waals surface area contributed by atoms with Gasteiger partial charge in [-0.3, -0.25) is 4.79 Å². The van der Waals surface area contributed by atoms with Crippen molar-refractivity contribution in [2.24, 2.45) is 0 Å². The van der Waals surface area contributed by atoms with Gasteiger partial charge in [0.2, 0.25) is 0 Å². The lowest BCUT2D eigenvalue weighted by Gasteiger charge is -2.36. The van der Waals surface area contributed by atoms with E-state index in [4.69, 9.17) is 9.47 Å². The van der Waals surface area contributed by atoms with Gasteiger partial charge in [-0.2, -0.15) is 0 Å². The van der Waals surface area contributed by atoms with Crippen LogP contribution in [0.5, 0.6) is 11.5 Å². The minimum atomic E-state index is -0.247. The Hall–Kier alpha value is -4.55. The Balaban J connectivity index is 1.27. The summed E-state index contributed by atoms with van der Waals surface area (Å²) >= 11 is 1.56. The highest BCUT2D eigenvalue weighted by Crippen LogP contribution is 2.41. The van der Waals surface area contributed by atoms with Crippen LogP contribution in [0.4, 0.5) is 0 Å². The van der Waals surface area contributed by atoms with E-state index in [0.717, 1.165) is 60.6 Å². The van der Waals surface area contributed by atoms with Crippen LogP contribution in [0.3, 0.4) is 0 Å². The van der Waals surface area contributed by atoms with Gasteiger partial charge in [-0.25, -0.2) is 0 Å². The van der Waals surface area contributed by atoms with E-state index in [1.54, 1.807) is 18.4 Å². The van der Waals surface area contributed by atoms with Crippen LogP contribution in [0.15, 0.2) is 103 Å². The molecule has 2 aromatic heterocycles. The van der Waals surface area contributed by atoms with E-state index >= 15 is 0 Å². The number of thiophene rings is 1. The minimum absolute atomic E-state index is 0.0532. The van der Waals surface area contributed by atoms with Gasteiger partial charge in [-0.05, 0) is 71.0 Å². The number of amides is 1. The van der Waals surface area contributed by atoms with Crippen molar-refractivity contribution in [1.82, 2.24) is 9.88 Å². The second-order valence-corrected chi connectivity index (χ2v) is 11.2. The van der Waals surface area contributed by atoms with E-state index in [0.29, 0.717) is 13.2 Å². The van der Waals surface area contributed by atoms with Crippen LogP contribution in [-0.2, 0) is 13.0 Å². The molecule has 1 amide bonds. The molecule has 1 atom stereocenters. The summed E-state index contributed by atoms with van der Waals surface area (Å²) in [4.78, 5) is 20.5. The number of carbonyl (C=O) groups is 1. The predicted molar refractivity (Wildman–Crippen MR) is 160 cm³/mol. The molecule has 0 fully saturated rings. The van der Waals surface area contributed by atoms with Crippen molar-refractivity contribution in [3.63, 3.8) is 0 Å². The fourth-order valence-electron chi connectivity index (χ4n) is 5.68. The highest BCUT2D eigenvalue weighted by Gasteiger charge is 2.35. The second kappa shape index (κ2) is 10.2. The molecule has 3 heterocycles. The first-order valence-corrected chi connectivity index (χ1v) is 14.2. The summed E-state index contributed by atoms with van der Waals surface area (Å²) in [5, 5.41) is 2.25. The summed E-state index contributed by atoms with van der Waals surface area (Å²) in [6.45, 7) is 1.13. The van der Waals surface area contributed by atoms with Gasteiger partial charge in [0, 0.05) is 27.8 Å². The molecule has 1 aliphatic heterocycles. The molecule has 0 saturated heterocycles. The van der Waals surface area contributed by atoms with E-state index in [1.807, 2.05) is 59.5 Å². The van der Waals surface area contributed by atoms with Crippen molar-refractivity contribution >= 4 is 38.2 Å². The topological polar surface area (TPSA) is 54.6 Å². The molecule has 0 bridgehead atoms. The monoisotopic (exact) mass is 544 g/mol. The molecule has 6 heteroatoms. The Labute approximate surface area is 236 Å². The number of hydrogen-bond donors (Lipinski definition) is 1. The number of H-pyrrole nitrogens is 1. The lowest BCUT2D eigenvalue weighted by atomic mass is 9.92. The molecule has 0 aliphatic carbocycles. The van der Waals surface area contributed by atoms with Gasteiger partial charge in [-0.15, -0.1) is 11.3 Å². The molecule has 198 valence electrons. The fourth-order valence-corrected chi connectivity index (χ4v) is 6.69. The summed E-state index contributed by atoms with van der Waals surface area (Å²) in [5.41, 5.74) is 5.51. The summed E-state index contributed by atoms with van der Waals surface area (Å²) < 4.78 is 12.7. The largest absolute Gasteiger partial charge is 0.497 e. The first-order chi connectivity index (χ1) is 19.7. The molecule has 1 aliphatic rings. The number of hydrogen-bond acceptors (Lipinski definition) is 4. The quantitative estimate of drug-likeness (QED) is 0.233. The zero-order chi connectivity index (χ0) is 27.1. The molecule has 5 nitrogen and oxygen atoms in total. The van der Waals surface area contributed by atoms with Crippen molar-refractivity contribution in [3.8, 4) is 11.5 Å². The molecular weight excluding hydrogens is 516 g/mol. The zero-order valence-electron chi connectivity index (χ0n) is 22.1. The van der Waals surface area contributed by atoms with Crippen LogP contribution >= 0.6 is 11.3 Å². The highest BCUT2D eigenvalue weighted by molar-refractivity contribution is 7.20. The standard InChI is InChI=1S/C34H28N2O3S/c1-38-26-15-16-29-28(20-26)27-17-18-36(34(37)31-19-24-9-5-6-10-30(24)40-31)33(32(27)35-29)23-11-13-25(14-12-23)39-21-22-7-3-2-4-8-22/h2-16,19-20,33,35H,17-18,21H2,1H3. The Bertz CT molecular complexity index is 1790. The first kappa shape index (κ1) is 24.5. The van der Waals surface area contributed by atoms with Gasteiger partial charge in [0.25, 0.3) is 5.91 Å². The van der Waals surface area contributed by atoms with Gasteiger partial charge in [0.15, 0.2) is 0 Å². The molecule has 7 rings (SSSR count). The third-order valence-corrected chi connectivity index (χ3v) is 8.78. The average molecular weight is 545 g/mol. The molecule has 1 unspecified atom stereocenters. The Morgan fingerprint density at radius 2 is 1.70 bits per heavy atom. The van der Waals surface area contributed by atoms with E-state index in [2.05, 4.69) is 53.5 Å². The van der Waals surface area contributed by atoms with Gasteiger partial charge in [0.05, 0.1) is 18.0 Å². The minimum Gasteiger partial charge on any atom is -0.497 e. The number of aromatic amines is 1. The number of nitrogens with one attached hydrogen (secondary N) is 1. The number of carbonyl (C=O) groups excluding carboxylic acids is 1. The van der Waals surface area contributed by atoms with Crippen LogP contribution in [0.25, 0.3) is 21.0 Å². The molecule has 0 spiro atoms. The van der Waals surface area contributed by atoms with Crippen molar-refractivity contribution in [1.29, 1.82) is 0 Å². The molecule has 0 radical (unpaired) electrons. The maximum atomic E-state index is 14.1. The van der Waals surface area contributed by atoms with Crippen LogP contribution in [-0.4, -0.2) is 29.4 Å². The Kier molecular flexibility index (Phi) is 6.25. The fraction of sp³-hybridized carbons (Fsp3) is 0.147. The van der Waals surface area contributed by atoms with Crippen molar-refractivity contribution in [3.05, 3.63) is 130 Å². The number of methoxy groups -OCH3 is 1. The highest BCUT2D eigenvalue weighted by atomic mass is 32.1. The van der Waals surface area contributed by atoms with Gasteiger partial charge < -0.3 is 19.4 Å². The molecule has 6 aromatic rings. The summed E-state index contributed by atoms with van der Waals surface area (Å²) in [6, 6.07) is 34.4. The Morgan fingerprint density at radius 1 is 0.925 bits per heavy atom. The van der Waals surface area contributed by atoms with Crippen LogP contribution in [0.2, 0.25) is 0 Å². The lowest BCUT2D eigenvalue weighted by Crippen LogP contribution is -2.40. The Morgan fingerprint density at radius 3 is 2.50 bits per heavy atom. The smallest absolute Gasteiger partial charge is 0.264 e. The third-order valence-electron chi connectivity index (χ3n) is 7.68. The third kappa shape index (κ3) is 4.40. The normalized spacial score (nSPS) is 14.8. The maximum Gasteiger partial charge on any atom is 0.264 e. The first-order valence-electron chi connectivity index (χ1n) is 13.4. The SMILES string of the molecule is COc1ccc2[nH]c3c(c2c1)CCN(C(=O)c1cc2ccccc2s1)C3c1ccc(OCc2ccccc2)cc1. The maximum absolute atomic E-state index is 14.1. The van der Waals surface area contributed by atoms with Crippen LogP contribution in [0, 0.1) is 0 Å². The van der Waals surface area contributed by atoms with Gasteiger partial charge in [0.1, 0.15) is 18.1 Å². The van der Waals surface area contributed by atoms with Gasteiger partial charge >= 0.3 is 0 Å². The van der Waals surface area contributed by atoms with Crippen LogP contribution in [0.1, 0.15) is 38.1 Å². The zero-order valence-corrected chi connectivity index (χ0v) is 22.9. The van der Waals surface area contributed by atoms with E-state index in [-0.39, 0.29) is 11.9 Å². The number of nitrogens with zero attached hydrogens (tertiary/aromatic N) is 1. The second-order valence-electron chi connectivity index (χ2n) is 10.1. The summed E-state index contributed by atoms with van der Waals surface area (Å²) in [6.07, 6.45) is 0.772. The number of fused-ring (bicyclic) bond motifs is 4. The number of benzene rings is 4. The van der Waals surface area contributed by atoms with E-state index in [1.165, 1.54) is 5.56 Å². The summed E-state index contributed by atoms with van der Waals surface area (Å²) in [5.74, 6) is 1.68. The molecular formula is C34H28N2O3S. The number of ether oxygens (including phenoxy) is 2. The predicted octanol–water partition coefficient (Wildman–Crippen LogP) is 7.76. The van der Waals surface area contributed by atoms with Crippen molar-refractivity contribution in [2.45, 2.75) is 19.1 Å².